The lowest BCUT2D eigenvalue weighted by Crippen LogP contribution is -2.43. The van der Waals surface area contributed by atoms with E-state index in [-0.39, 0.29) is 11.5 Å². The van der Waals surface area contributed by atoms with Gasteiger partial charge in [-0.15, -0.1) is 0 Å². The van der Waals surface area contributed by atoms with Crippen molar-refractivity contribution in [3.63, 3.8) is 0 Å². The van der Waals surface area contributed by atoms with Gasteiger partial charge in [-0.1, -0.05) is 0 Å². The third-order valence-electron chi connectivity index (χ3n) is 2.05. The van der Waals surface area contributed by atoms with Gasteiger partial charge in [0.05, 0.1) is 6.42 Å². The van der Waals surface area contributed by atoms with Crippen molar-refractivity contribution in [2.45, 2.75) is 44.8 Å². The van der Waals surface area contributed by atoms with Crippen molar-refractivity contribution >= 4 is 17.7 Å². The van der Waals surface area contributed by atoms with E-state index in [1.54, 1.807) is 0 Å². The van der Waals surface area contributed by atoms with Crippen molar-refractivity contribution in [3.8, 4) is 0 Å². The topological polar surface area (TPSA) is 52.3 Å². The Morgan fingerprint density at radius 1 is 1.57 bits per heavy atom. The van der Waals surface area contributed by atoms with Gasteiger partial charge in [0.1, 0.15) is 5.60 Å². The number of esters is 1. The molecular weight excluding hydrogens is 198 g/mol. The lowest BCUT2D eigenvalue weighted by Gasteiger charge is -2.25. The largest absolute Gasteiger partial charge is 0.460 e. The van der Waals surface area contributed by atoms with Crippen LogP contribution in [0, 0.1) is 0 Å². The fourth-order valence-corrected chi connectivity index (χ4v) is 2.78. The summed E-state index contributed by atoms with van der Waals surface area (Å²) in [5, 5.41) is 0. The minimum absolute atomic E-state index is 0.178. The van der Waals surface area contributed by atoms with E-state index < -0.39 is 5.60 Å². The van der Waals surface area contributed by atoms with Gasteiger partial charge in [-0.3, -0.25) is 4.79 Å². The Kier molecular flexibility index (Phi) is 3.48. The first kappa shape index (κ1) is 11.9. The SMILES string of the molecule is CC(C)(C)OC(=O)CC1(N)CCSC1. The second-order valence-corrected chi connectivity index (χ2v) is 6.03. The molecule has 0 aromatic rings. The van der Waals surface area contributed by atoms with Crippen LogP contribution in [-0.4, -0.2) is 28.6 Å². The van der Waals surface area contributed by atoms with Crippen molar-refractivity contribution in [2.24, 2.45) is 5.73 Å². The van der Waals surface area contributed by atoms with E-state index in [0.29, 0.717) is 6.42 Å². The Morgan fingerprint density at radius 3 is 2.64 bits per heavy atom. The predicted octanol–water partition coefficient (Wildman–Crippen LogP) is 1.55. The molecule has 1 fully saturated rings. The number of nitrogens with two attached hydrogens (primary N) is 1. The maximum absolute atomic E-state index is 11.5. The first-order valence-corrected chi connectivity index (χ1v) is 6.05. The fourth-order valence-electron chi connectivity index (χ4n) is 1.43. The molecule has 0 bridgehead atoms. The van der Waals surface area contributed by atoms with Crippen LogP contribution in [0.4, 0.5) is 0 Å². The molecule has 1 aliphatic rings. The highest BCUT2D eigenvalue weighted by Gasteiger charge is 2.34. The summed E-state index contributed by atoms with van der Waals surface area (Å²) >= 11 is 1.81. The summed E-state index contributed by atoms with van der Waals surface area (Å²) in [5.74, 6) is 1.74. The lowest BCUT2D eigenvalue weighted by atomic mass is 9.96. The van der Waals surface area contributed by atoms with E-state index in [2.05, 4.69) is 0 Å². The van der Waals surface area contributed by atoms with Gasteiger partial charge in [0.25, 0.3) is 0 Å². The number of hydrogen-bond donors (Lipinski definition) is 1. The zero-order valence-corrected chi connectivity index (χ0v) is 9.95. The van der Waals surface area contributed by atoms with Gasteiger partial charge in [0.15, 0.2) is 0 Å². The van der Waals surface area contributed by atoms with Gasteiger partial charge in [-0.25, -0.2) is 0 Å². The third kappa shape index (κ3) is 3.88. The van der Waals surface area contributed by atoms with Crippen LogP contribution >= 0.6 is 11.8 Å². The van der Waals surface area contributed by atoms with Crippen molar-refractivity contribution in [1.82, 2.24) is 0 Å². The third-order valence-corrected chi connectivity index (χ3v) is 3.32. The van der Waals surface area contributed by atoms with Crippen molar-refractivity contribution in [2.75, 3.05) is 11.5 Å². The second-order valence-electron chi connectivity index (χ2n) is 4.93. The Labute approximate surface area is 89.8 Å². The molecule has 0 radical (unpaired) electrons. The fraction of sp³-hybridized carbons (Fsp3) is 0.900. The molecule has 0 aromatic carbocycles. The minimum atomic E-state index is -0.404. The number of carbonyl (C=O) groups excluding carboxylic acids is 1. The highest BCUT2D eigenvalue weighted by Crippen LogP contribution is 2.29. The predicted molar refractivity (Wildman–Crippen MR) is 59.3 cm³/mol. The monoisotopic (exact) mass is 217 g/mol. The molecule has 1 rings (SSSR count). The molecule has 3 nitrogen and oxygen atoms in total. The van der Waals surface area contributed by atoms with Crippen LogP contribution in [0.15, 0.2) is 0 Å². The smallest absolute Gasteiger partial charge is 0.308 e. The molecule has 82 valence electrons. The van der Waals surface area contributed by atoms with Crippen LogP contribution in [0.5, 0.6) is 0 Å². The molecule has 1 aliphatic heterocycles. The number of thioether (sulfide) groups is 1. The Hall–Kier alpha value is -0.220. The summed E-state index contributed by atoms with van der Waals surface area (Å²) in [4.78, 5) is 11.5. The zero-order valence-electron chi connectivity index (χ0n) is 9.13. The summed E-state index contributed by atoms with van der Waals surface area (Å²) < 4.78 is 5.24. The maximum Gasteiger partial charge on any atom is 0.308 e. The molecule has 0 spiro atoms. The summed E-state index contributed by atoms with van der Waals surface area (Å²) in [7, 11) is 0. The van der Waals surface area contributed by atoms with E-state index in [1.165, 1.54) is 0 Å². The summed E-state index contributed by atoms with van der Waals surface area (Å²) in [5.41, 5.74) is 5.33. The van der Waals surface area contributed by atoms with Crippen LogP contribution in [-0.2, 0) is 9.53 Å². The quantitative estimate of drug-likeness (QED) is 0.713. The number of carbonyl (C=O) groups is 1. The number of rotatable bonds is 2. The summed E-state index contributed by atoms with van der Waals surface area (Å²) in [6.45, 7) is 5.62. The zero-order chi connectivity index (χ0) is 10.8. The molecular formula is C10H19NO2S. The van der Waals surface area contributed by atoms with E-state index in [0.717, 1.165) is 17.9 Å². The Bertz CT molecular complexity index is 217. The number of hydrogen-bond acceptors (Lipinski definition) is 4. The van der Waals surface area contributed by atoms with Crippen LogP contribution in [0.3, 0.4) is 0 Å². The van der Waals surface area contributed by atoms with Crippen LogP contribution in [0.25, 0.3) is 0 Å². The van der Waals surface area contributed by atoms with Gasteiger partial charge in [-0.2, -0.15) is 11.8 Å². The first-order valence-electron chi connectivity index (χ1n) is 4.89. The average Bonchev–Trinajstić information content (AvgIpc) is 2.30. The first-order chi connectivity index (χ1) is 6.31. The van der Waals surface area contributed by atoms with Crippen molar-refractivity contribution < 1.29 is 9.53 Å². The van der Waals surface area contributed by atoms with E-state index >= 15 is 0 Å². The molecule has 14 heavy (non-hydrogen) atoms. The van der Waals surface area contributed by atoms with Gasteiger partial charge in [-0.05, 0) is 32.9 Å². The van der Waals surface area contributed by atoms with E-state index in [1.807, 2.05) is 32.5 Å². The van der Waals surface area contributed by atoms with Crippen LogP contribution in [0.2, 0.25) is 0 Å². The highest BCUT2D eigenvalue weighted by molar-refractivity contribution is 7.99. The molecule has 4 heteroatoms. The van der Waals surface area contributed by atoms with Gasteiger partial charge < -0.3 is 10.5 Å². The molecule has 1 saturated heterocycles. The van der Waals surface area contributed by atoms with Gasteiger partial charge in [0, 0.05) is 11.3 Å². The van der Waals surface area contributed by atoms with Crippen molar-refractivity contribution in [1.29, 1.82) is 0 Å². The molecule has 1 atom stereocenters. The highest BCUT2D eigenvalue weighted by atomic mass is 32.2. The van der Waals surface area contributed by atoms with Gasteiger partial charge >= 0.3 is 5.97 Å². The van der Waals surface area contributed by atoms with Crippen LogP contribution < -0.4 is 5.73 Å². The molecule has 0 aromatic heterocycles. The Morgan fingerprint density at radius 2 is 2.21 bits per heavy atom. The van der Waals surface area contributed by atoms with Crippen molar-refractivity contribution in [3.05, 3.63) is 0 Å². The summed E-state index contributed by atoms with van der Waals surface area (Å²) in [6.07, 6.45) is 1.26. The molecule has 1 heterocycles. The molecule has 2 N–H and O–H groups in total. The Balaban J connectivity index is 2.40. The lowest BCUT2D eigenvalue weighted by molar-refractivity contribution is -0.156. The van der Waals surface area contributed by atoms with Crippen LogP contribution in [0.1, 0.15) is 33.6 Å². The minimum Gasteiger partial charge on any atom is -0.460 e. The maximum atomic E-state index is 11.5. The molecule has 1 unspecified atom stereocenters. The average molecular weight is 217 g/mol. The van der Waals surface area contributed by atoms with Gasteiger partial charge in [0.2, 0.25) is 0 Å². The normalized spacial score (nSPS) is 27.7. The summed E-state index contributed by atoms with van der Waals surface area (Å²) in [6, 6.07) is 0. The molecule has 0 aliphatic carbocycles. The molecule has 0 amide bonds. The number of ether oxygens (including phenoxy) is 1. The standard InChI is InChI=1S/C10H19NO2S/c1-9(2,3)13-8(12)6-10(11)4-5-14-7-10/h4-7,11H2,1-3H3. The second kappa shape index (κ2) is 4.11. The van der Waals surface area contributed by atoms with E-state index in [9.17, 15) is 4.79 Å². The molecule has 0 saturated carbocycles. The van der Waals surface area contributed by atoms with E-state index in [4.69, 9.17) is 10.5 Å².